The van der Waals surface area contributed by atoms with Crippen LogP contribution in [0.15, 0.2) is 91.0 Å². The van der Waals surface area contributed by atoms with Crippen molar-refractivity contribution in [2.45, 2.75) is 18.9 Å². The molecule has 3 heteroatoms. The summed E-state index contributed by atoms with van der Waals surface area (Å²) in [6.07, 6.45) is 1.02. The first-order valence-electron chi connectivity index (χ1n) is 9.00. The topological polar surface area (TPSA) is 24.1 Å². The summed E-state index contributed by atoms with van der Waals surface area (Å²) in [5.41, 5.74) is 2.90. The van der Waals surface area contributed by atoms with E-state index in [1.54, 1.807) is 0 Å². The Morgan fingerprint density at radius 3 is 1.46 bits per heavy atom. The van der Waals surface area contributed by atoms with Crippen molar-refractivity contribution in [3.8, 4) is 0 Å². The summed E-state index contributed by atoms with van der Waals surface area (Å²) in [7, 11) is 0. The molecule has 2 N–H and O–H groups in total. The molecule has 3 aromatic rings. The summed E-state index contributed by atoms with van der Waals surface area (Å²) in [4.78, 5) is 0. The van der Waals surface area contributed by atoms with Gasteiger partial charge in [0.1, 0.15) is 5.54 Å². The molecule has 0 aliphatic rings. The Balaban J connectivity index is 2.19. The molecule has 0 atom stereocenters. The fourth-order valence-electron chi connectivity index (χ4n) is 3.23. The highest BCUT2D eigenvalue weighted by Crippen LogP contribution is 2.36. The monoisotopic (exact) mass is 360 g/mol. The highest BCUT2D eigenvalue weighted by atomic mass is 32.1. The van der Waals surface area contributed by atoms with E-state index in [2.05, 4.69) is 90.4 Å². The van der Waals surface area contributed by atoms with E-state index in [1.807, 2.05) is 18.2 Å². The van der Waals surface area contributed by atoms with Gasteiger partial charge in [0, 0.05) is 6.54 Å². The zero-order valence-electron chi connectivity index (χ0n) is 15.0. The van der Waals surface area contributed by atoms with Crippen LogP contribution < -0.4 is 10.6 Å². The van der Waals surface area contributed by atoms with Crippen molar-refractivity contribution in [1.29, 1.82) is 0 Å². The standard InChI is InChI=1S/C23H24N2S/c1-2-18-24-22(26)25-23(19-12-6-3-7-13-19,20-14-8-4-9-15-20)21-16-10-5-11-17-21/h3-17H,2,18H2,1H3,(H2,24,25,26). The van der Waals surface area contributed by atoms with Gasteiger partial charge in [-0.2, -0.15) is 0 Å². The van der Waals surface area contributed by atoms with Gasteiger partial charge in [-0.25, -0.2) is 0 Å². The van der Waals surface area contributed by atoms with Crippen LogP contribution in [-0.4, -0.2) is 11.7 Å². The lowest BCUT2D eigenvalue weighted by atomic mass is 9.77. The van der Waals surface area contributed by atoms with E-state index < -0.39 is 5.54 Å². The quantitative estimate of drug-likeness (QED) is 0.485. The first-order chi connectivity index (χ1) is 12.8. The van der Waals surface area contributed by atoms with Gasteiger partial charge in [0.05, 0.1) is 0 Å². The van der Waals surface area contributed by atoms with Crippen molar-refractivity contribution >= 4 is 17.3 Å². The van der Waals surface area contributed by atoms with Crippen molar-refractivity contribution in [2.24, 2.45) is 0 Å². The predicted molar refractivity (Wildman–Crippen MR) is 113 cm³/mol. The third kappa shape index (κ3) is 3.78. The molecule has 0 saturated carbocycles. The molecule has 0 amide bonds. The van der Waals surface area contributed by atoms with Gasteiger partial charge in [-0.3, -0.25) is 0 Å². The number of hydrogen-bond donors (Lipinski definition) is 2. The van der Waals surface area contributed by atoms with Crippen molar-refractivity contribution < 1.29 is 0 Å². The maximum atomic E-state index is 5.65. The number of hydrogen-bond acceptors (Lipinski definition) is 1. The lowest BCUT2D eigenvalue weighted by Crippen LogP contribution is -2.51. The zero-order valence-corrected chi connectivity index (χ0v) is 15.8. The average molecular weight is 361 g/mol. The zero-order chi connectivity index (χ0) is 18.2. The summed E-state index contributed by atoms with van der Waals surface area (Å²) in [6.45, 7) is 2.98. The summed E-state index contributed by atoms with van der Waals surface area (Å²) in [6, 6.07) is 31.4. The minimum Gasteiger partial charge on any atom is -0.363 e. The Bertz CT molecular complexity index is 720. The third-order valence-corrected chi connectivity index (χ3v) is 4.70. The number of benzene rings is 3. The minimum atomic E-state index is -0.554. The van der Waals surface area contributed by atoms with Gasteiger partial charge in [0.2, 0.25) is 0 Å². The second-order valence-corrected chi connectivity index (χ2v) is 6.64. The summed E-state index contributed by atoms with van der Waals surface area (Å²) >= 11 is 5.65. The molecule has 0 saturated heterocycles. The largest absolute Gasteiger partial charge is 0.363 e. The maximum Gasteiger partial charge on any atom is 0.167 e. The summed E-state index contributed by atoms with van der Waals surface area (Å²) in [5, 5.41) is 7.61. The molecule has 26 heavy (non-hydrogen) atoms. The molecule has 0 bridgehead atoms. The van der Waals surface area contributed by atoms with Gasteiger partial charge in [-0.15, -0.1) is 0 Å². The van der Waals surface area contributed by atoms with Crippen LogP contribution in [0.5, 0.6) is 0 Å². The van der Waals surface area contributed by atoms with Crippen molar-refractivity contribution in [3.05, 3.63) is 108 Å². The molecule has 0 fully saturated rings. The van der Waals surface area contributed by atoms with Gasteiger partial charge in [0.15, 0.2) is 5.11 Å². The van der Waals surface area contributed by atoms with E-state index >= 15 is 0 Å². The van der Waals surface area contributed by atoms with Crippen molar-refractivity contribution in [2.75, 3.05) is 6.54 Å². The van der Waals surface area contributed by atoms with Crippen LogP contribution >= 0.6 is 12.2 Å². The third-order valence-electron chi connectivity index (χ3n) is 4.46. The molecule has 2 nitrogen and oxygen atoms in total. The molecule has 0 aliphatic carbocycles. The second-order valence-electron chi connectivity index (χ2n) is 6.23. The van der Waals surface area contributed by atoms with Crippen LogP contribution in [-0.2, 0) is 5.54 Å². The first-order valence-corrected chi connectivity index (χ1v) is 9.41. The van der Waals surface area contributed by atoms with Crippen LogP contribution in [0.3, 0.4) is 0 Å². The van der Waals surface area contributed by atoms with Crippen LogP contribution in [0.4, 0.5) is 0 Å². The molecule has 0 heterocycles. The molecular weight excluding hydrogens is 336 g/mol. The molecule has 3 aromatic carbocycles. The smallest absolute Gasteiger partial charge is 0.167 e. The minimum absolute atomic E-state index is 0.554. The predicted octanol–water partition coefficient (Wildman–Crippen LogP) is 4.85. The molecule has 132 valence electrons. The van der Waals surface area contributed by atoms with Gasteiger partial charge >= 0.3 is 0 Å². The Kier molecular flexibility index (Phi) is 6.03. The molecule has 0 spiro atoms. The average Bonchev–Trinajstić information content (AvgIpc) is 2.72. The number of rotatable bonds is 6. The van der Waals surface area contributed by atoms with Gasteiger partial charge < -0.3 is 10.6 Å². The summed E-state index contributed by atoms with van der Waals surface area (Å²) < 4.78 is 0. The van der Waals surface area contributed by atoms with Crippen LogP contribution in [0.2, 0.25) is 0 Å². The normalized spacial score (nSPS) is 11.0. The maximum absolute atomic E-state index is 5.65. The number of nitrogens with one attached hydrogen (secondary N) is 2. The molecule has 0 aliphatic heterocycles. The van der Waals surface area contributed by atoms with Gasteiger partial charge in [-0.05, 0) is 35.3 Å². The second kappa shape index (κ2) is 8.63. The van der Waals surface area contributed by atoms with Crippen LogP contribution in [0.25, 0.3) is 0 Å². The number of thiocarbonyl (C=S) groups is 1. The summed E-state index contributed by atoms with van der Waals surface area (Å²) in [5.74, 6) is 0. The first kappa shape index (κ1) is 18.2. The highest BCUT2D eigenvalue weighted by molar-refractivity contribution is 7.80. The SMILES string of the molecule is CCCNC(=S)NC(c1ccccc1)(c1ccccc1)c1ccccc1. The Hall–Kier alpha value is -2.65. The van der Waals surface area contributed by atoms with Crippen molar-refractivity contribution in [3.63, 3.8) is 0 Å². The van der Waals surface area contributed by atoms with E-state index in [-0.39, 0.29) is 0 Å². The Morgan fingerprint density at radius 2 is 1.12 bits per heavy atom. The fraction of sp³-hybridized carbons (Fsp3) is 0.174. The Labute approximate surface area is 161 Å². The molecule has 0 aromatic heterocycles. The Morgan fingerprint density at radius 1 is 0.731 bits per heavy atom. The van der Waals surface area contributed by atoms with Gasteiger partial charge in [0.25, 0.3) is 0 Å². The molecule has 3 rings (SSSR count). The van der Waals surface area contributed by atoms with E-state index in [9.17, 15) is 0 Å². The van der Waals surface area contributed by atoms with Crippen LogP contribution in [0, 0.1) is 0 Å². The van der Waals surface area contributed by atoms with E-state index in [0.29, 0.717) is 5.11 Å². The van der Waals surface area contributed by atoms with E-state index in [4.69, 9.17) is 12.2 Å². The molecule has 0 unspecified atom stereocenters. The lowest BCUT2D eigenvalue weighted by Gasteiger charge is -2.38. The highest BCUT2D eigenvalue weighted by Gasteiger charge is 2.36. The molecule has 0 radical (unpaired) electrons. The van der Waals surface area contributed by atoms with Gasteiger partial charge in [-0.1, -0.05) is 97.9 Å². The molecular formula is C23H24N2S. The van der Waals surface area contributed by atoms with E-state index in [0.717, 1.165) is 29.7 Å². The van der Waals surface area contributed by atoms with Crippen molar-refractivity contribution in [1.82, 2.24) is 10.6 Å². The van der Waals surface area contributed by atoms with Crippen LogP contribution in [0.1, 0.15) is 30.0 Å². The fourth-order valence-corrected chi connectivity index (χ4v) is 3.49. The lowest BCUT2D eigenvalue weighted by molar-refractivity contribution is 0.566. The van der Waals surface area contributed by atoms with E-state index in [1.165, 1.54) is 0 Å².